The maximum absolute atomic E-state index is 12.6. The molecule has 0 aliphatic carbocycles. The number of nitrogens with zero attached hydrogens (tertiary/aromatic N) is 2. The lowest BCUT2D eigenvalue weighted by Gasteiger charge is -2.28. The van der Waals surface area contributed by atoms with Gasteiger partial charge in [0.05, 0.1) is 10.5 Å². The number of benzene rings is 1. The van der Waals surface area contributed by atoms with E-state index in [-0.39, 0.29) is 18.1 Å². The number of rotatable bonds is 5. The Kier molecular flexibility index (Phi) is 5.97. The third kappa shape index (κ3) is 5.41. The van der Waals surface area contributed by atoms with E-state index < -0.39 is 16.7 Å². The molecule has 3 rings (SSSR count). The normalized spacial score (nSPS) is 15.2. The van der Waals surface area contributed by atoms with Crippen LogP contribution in [0.1, 0.15) is 5.56 Å². The smallest absolute Gasteiger partial charge is 0.321 e. The molecule has 2 heterocycles. The van der Waals surface area contributed by atoms with Crippen LogP contribution in [0.3, 0.4) is 0 Å². The van der Waals surface area contributed by atoms with Crippen LogP contribution in [0.2, 0.25) is 0 Å². The van der Waals surface area contributed by atoms with Crippen molar-refractivity contribution in [2.24, 2.45) is 0 Å². The van der Waals surface area contributed by atoms with Crippen molar-refractivity contribution < 1.29 is 32.8 Å². The molecule has 0 bridgehead atoms. The van der Waals surface area contributed by atoms with Crippen molar-refractivity contribution in [3.63, 3.8) is 0 Å². The largest absolute Gasteiger partial charge is 0.419 e. The van der Waals surface area contributed by atoms with Crippen LogP contribution in [0.15, 0.2) is 42.6 Å². The topological polar surface area (TPSA) is 94.1 Å². The average molecular weight is 411 g/mol. The number of halogens is 3. The van der Waals surface area contributed by atoms with Gasteiger partial charge in [0.15, 0.2) is 6.54 Å². The molecular weight excluding hydrogens is 391 g/mol. The molecule has 2 aromatic rings. The van der Waals surface area contributed by atoms with E-state index in [1.807, 2.05) is 4.90 Å². The fourth-order valence-corrected chi connectivity index (χ4v) is 3.16. The molecule has 0 unspecified atom stereocenters. The summed E-state index contributed by atoms with van der Waals surface area (Å²) < 4.78 is 37.9. The second-order valence-corrected chi connectivity index (χ2v) is 6.73. The third-order valence-corrected chi connectivity index (χ3v) is 4.69. The summed E-state index contributed by atoms with van der Waals surface area (Å²) in [4.78, 5) is 28.1. The first kappa shape index (κ1) is 20.5. The number of non-ortho nitro benzene ring substituents is 1. The molecule has 3 N–H and O–H groups in total. The minimum absolute atomic E-state index is 0.100. The predicted molar refractivity (Wildman–Crippen MR) is 97.5 cm³/mol. The predicted octanol–water partition coefficient (Wildman–Crippen LogP) is 0.771. The Morgan fingerprint density at radius 3 is 2.55 bits per heavy atom. The average Bonchev–Trinajstić information content (AvgIpc) is 2.68. The van der Waals surface area contributed by atoms with Crippen molar-refractivity contribution in [1.29, 1.82) is 0 Å². The highest BCUT2D eigenvalue weighted by atomic mass is 19.4. The molecule has 0 spiro atoms. The number of quaternary nitrogens is 1. The number of hydrogen-bond acceptors (Lipinski definition) is 4. The highest BCUT2D eigenvalue weighted by Crippen LogP contribution is 2.28. The van der Waals surface area contributed by atoms with Gasteiger partial charge in [0.25, 0.3) is 17.4 Å². The molecule has 11 heteroatoms. The molecule has 1 aliphatic heterocycles. The highest BCUT2D eigenvalue weighted by molar-refractivity contribution is 5.91. The lowest BCUT2D eigenvalue weighted by Crippen LogP contribution is -3.15. The first-order valence-electron chi connectivity index (χ1n) is 8.94. The first-order valence-corrected chi connectivity index (χ1v) is 8.94. The SMILES string of the molecule is O=C(C[NH+]1CCN(c2ccc(C(F)(F)F)c[nH+]2)CC1)Nc1cccc([N+](=O)[O-])c1. The van der Waals surface area contributed by atoms with Gasteiger partial charge >= 0.3 is 6.18 Å². The molecule has 1 saturated heterocycles. The molecule has 29 heavy (non-hydrogen) atoms. The first-order chi connectivity index (χ1) is 13.7. The van der Waals surface area contributed by atoms with Crippen LogP contribution in [0.5, 0.6) is 0 Å². The zero-order chi connectivity index (χ0) is 21.0. The van der Waals surface area contributed by atoms with Gasteiger partial charge in [0.2, 0.25) is 0 Å². The lowest BCUT2D eigenvalue weighted by atomic mass is 10.2. The number of pyridine rings is 1. The summed E-state index contributed by atoms with van der Waals surface area (Å²) in [6, 6.07) is 8.17. The molecular formula is C18H20F3N5O3+2. The van der Waals surface area contributed by atoms with Gasteiger partial charge in [0, 0.05) is 23.9 Å². The lowest BCUT2D eigenvalue weighted by molar-refractivity contribution is -0.892. The van der Waals surface area contributed by atoms with Gasteiger partial charge < -0.3 is 10.2 Å². The summed E-state index contributed by atoms with van der Waals surface area (Å²) in [5.41, 5.74) is -0.471. The van der Waals surface area contributed by atoms with Gasteiger partial charge in [-0.15, -0.1) is 0 Å². The molecule has 154 valence electrons. The zero-order valence-corrected chi connectivity index (χ0v) is 15.3. The van der Waals surface area contributed by atoms with Crippen LogP contribution in [0.25, 0.3) is 0 Å². The van der Waals surface area contributed by atoms with E-state index in [0.717, 1.165) is 17.2 Å². The van der Waals surface area contributed by atoms with E-state index >= 15 is 0 Å². The molecule has 0 radical (unpaired) electrons. The van der Waals surface area contributed by atoms with Crippen LogP contribution in [0, 0.1) is 10.1 Å². The number of aromatic amines is 1. The molecule has 1 aromatic heterocycles. The minimum atomic E-state index is -4.38. The van der Waals surface area contributed by atoms with Crippen molar-refractivity contribution in [3.05, 3.63) is 58.3 Å². The highest BCUT2D eigenvalue weighted by Gasteiger charge is 2.33. The Bertz CT molecular complexity index is 881. The Morgan fingerprint density at radius 2 is 1.97 bits per heavy atom. The monoisotopic (exact) mass is 411 g/mol. The Morgan fingerprint density at radius 1 is 1.24 bits per heavy atom. The van der Waals surface area contributed by atoms with Crippen LogP contribution >= 0.6 is 0 Å². The van der Waals surface area contributed by atoms with Gasteiger partial charge in [-0.25, -0.2) is 4.98 Å². The third-order valence-electron chi connectivity index (χ3n) is 4.69. The number of amides is 1. The maximum Gasteiger partial charge on any atom is 0.419 e. The van der Waals surface area contributed by atoms with Gasteiger partial charge in [-0.1, -0.05) is 6.07 Å². The Labute approximate surface area is 164 Å². The summed E-state index contributed by atoms with van der Waals surface area (Å²) in [6.45, 7) is 2.64. The minimum Gasteiger partial charge on any atom is -0.321 e. The van der Waals surface area contributed by atoms with Gasteiger partial charge in [-0.3, -0.25) is 19.8 Å². The summed E-state index contributed by atoms with van der Waals surface area (Å²) >= 11 is 0. The van der Waals surface area contributed by atoms with E-state index in [0.29, 0.717) is 37.7 Å². The second-order valence-electron chi connectivity index (χ2n) is 6.73. The quantitative estimate of drug-likeness (QED) is 0.562. The van der Waals surface area contributed by atoms with Crippen LogP contribution in [-0.2, 0) is 11.0 Å². The number of alkyl halides is 3. The maximum atomic E-state index is 12.6. The summed E-state index contributed by atoms with van der Waals surface area (Å²) in [5.74, 6) is 0.341. The van der Waals surface area contributed by atoms with Crippen molar-refractivity contribution in [2.45, 2.75) is 6.18 Å². The molecule has 0 atom stereocenters. The number of nitrogens with one attached hydrogen (secondary N) is 3. The van der Waals surface area contributed by atoms with Crippen molar-refractivity contribution in [1.82, 2.24) is 0 Å². The number of aromatic nitrogens is 1. The fourth-order valence-electron chi connectivity index (χ4n) is 3.16. The second kappa shape index (κ2) is 8.43. The molecule has 1 aliphatic rings. The number of hydrogen-bond donors (Lipinski definition) is 2. The van der Waals surface area contributed by atoms with Crippen molar-refractivity contribution in [2.75, 3.05) is 42.9 Å². The summed E-state index contributed by atoms with van der Waals surface area (Å²) in [5, 5.41) is 13.5. The standard InChI is InChI=1S/C18H18F3N5O3/c19-18(20,21)13-4-5-16(22-11-13)25-8-6-24(7-9-25)12-17(27)23-14-2-1-3-15(10-14)26(28)29/h1-5,10-11H,6-9,12H2,(H,23,27)/p+2. The van der Waals surface area contributed by atoms with Gasteiger partial charge in [-0.2, -0.15) is 13.2 Å². The molecule has 1 amide bonds. The van der Waals surface area contributed by atoms with E-state index in [9.17, 15) is 28.1 Å². The number of carbonyl (C=O) groups is 1. The number of nitro groups is 1. The molecule has 1 fully saturated rings. The number of piperazine rings is 1. The molecule has 8 nitrogen and oxygen atoms in total. The molecule has 1 aromatic carbocycles. The van der Waals surface area contributed by atoms with Crippen LogP contribution < -0.4 is 20.1 Å². The van der Waals surface area contributed by atoms with E-state index in [4.69, 9.17) is 0 Å². The van der Waals surface area contributed by atoms with E-state index in [1.54, 1.807) is 6.07 Å². The summed E-state index contributed by atoms with van der Waals surface area (Å²) in [6.07, 6.45) is -3.44. The zero-order valence-electron chi connectivity index (χ0n) is 15.3. The number of H-pyrrole nitrogens is 1. The van der Waals surface area contributed by atoms with E-state index in [1.165, 1.54) is 24.3 Å². The van der Waals surface area contributed by atoms with Crippen LogP contribution in [-0.4, -0.2) is 43.6 Å². The van der Waals surface area contributed by atoms with Crippen molar-refractivity contribution in [3.8, 4) is 0 Å². The van der Waals surface area contributed by atoms with Gasteiger partial charge in [-0.05, 0) is 12.1 Å². The number of nitro benzene ring substituents is 1. The van der Waals surface area contributed by atoms with Gasteiger partial charge in [0.1, 0.15) is 32.4 Å². The molecule has 0 saturated carbocycles. The van der Waals surface area contributed by atoms with E-state index in [2.05, 4.69) is 10.3 Å². The van der Waals surface area contributed by atoms with Crippen LogP contribution in [0.4, 0.5) is 30.4 Å². The Balaban J connectivity index is 1.50. The number of anilines is 2. The fraction of sp³-hybridized carbons (Fsp3) is 0.333. The number of carbonyl (C=O) groups excluding carboxylic acids is 1. The summed E-state index contributed by atoms with van der Waals surface area (Å²) in [7, 11) is 0. The van der Waals surface area contributed by atoms with Crippen molar-refractivity contribution >= 4 is 23.1 Å². The Hall–Kier alpha value is -3.21.